The smallest absolute Gasteiger partial charge is 0.129 e. The number of hydrogen-bond acceptors (Lipinski definition) is 3. The van der Waals surface area contributed by atoms with Gasteiger partial charge in [-0.25, -0.2) is 0 Å². The molecule has 0 amide bonds. The predicted molar refractivity (Wildman–Crippen MR) is 89.1 cm³/mol. The molecular weight excluding hydrogens is 282 g/mol. The Kier molecular flexibility index (Phi) is 5.58. The van der Waals surface area contributed by atoms with Crippen LogP contribution in [0.1, 0.15) is 18.1 Å². The lowest BCUT2D eigenvalue weighted by molar-refractivity contribution is 0.339. The summed E-state index contributed by atoms with van der Waals surface area (Å²) in [4.78, 5) is 0.690. The summed E-state index contributed by atoms with van der Waals surface area (Å²) >= 11 is 5.45. The van der Waals surface area contributed by atoms with E-state index >= 15 is 0 Å². The summed E-state index contributed by atoms with van der Waals surface area (Å²) in [5, 5.41) is 3.26. The van der Waals surface area contributed by atoms with E-state index < -0.39 is 0 Å². The maximum absolute atomic E-state index is 5.60. The van der Waals surface area contributed by atoms with Gasteiger partial charge in [-0.1, -0.05) is 36.5 Å². The molecule has 0 radical (unpaired) electrons. The molecule has 2 aromatic carbocycles. The zero-order valence-electron chi connectivity index (χ0n) is 12.3. The van der Waals surface area contributed by atoms with Crippen LogP contribution in [0, 0.1) is 0 Å². The Morgan fingerprint density at radius 2 is 1.81 bits per heavy atom. The molecular formula is C17H19NO2S. The van der Waals surface area contributed by atoms with Crippen LogP contribution in [0.25, 0.3) is 0 Å². The van der Waals surface area contributed by atoms with Gasteiger partial charge in [0.05, 0.1) is 19.3 Å². The number of ether oxygens (including phenoxy) is 2. The van der Waals surface area contributed by atoms with Crippen molar-refractivity contribution in [1.82, 2.24) is 5.32 Å². The van der Waals surface area contributed by atoms with Crippen LogP contribution in [-0.4, -0.2) is 18.7 Å². The van der Waals surface area contributed by atoms with Crippen molar-refractivity contribution >= 4 is 17.2 Å². The van der Waals surface area contributed by atoms with E-state index in [0.717, 1.165) is 22.6 Å². The second-order valence-electron chi connectivity index (χ2n) is 4.46. The van der Waals surface area contributed by atoms with Gasteiger partial charge >= 0.3 is 0 Å². The molecule has 0 aliphatic rings. The normalized spacial score (nSPS) is 10.0. The molecule has 4 heteroatoms. The van der Waals surface area contributed by atoms with Gasteiger partial charge in [-0.2, -0.15) is 0 Å². The minimum absolute atomic E-state index is 0.623. The number of thiocarbonyl (C=S) groups is 1. The van der Waals surface area contributed by atoms with Crippen molar-refractivity contribution in [2.45, 2.75) is 13.5 Å². The van der Waals surface area contributed by atoms with Crippen LogP contribution in [0.15, 0.2) is 48.5 Å². The monoisotopic (exact) mass is 301 g/mol. The van der Waals surface area contributed by atoms with Crippen LogP contribution in [0.2, 0.25) is 0 Å². The molecule has 0 aliphatic carbocycles. The fourth-order valence-corrected chi connectivity index (χ4v) is 2.20. The van der Waals surface area contributed by atoms with E-state index in [1.165, 1.54) is 0 Å². The maximum atomic E-state index is 5.60. The highest BCUT2D eigenvalue weighted by Crippen LogP contribution is 2.18. The van der Waals surface area contributed by atoms with Gasteiger partial charge in [-0.3, -0.25) is 0 Å². The summed E-state index contributed by atoms with van der Waals surface area (Å²) in [7, 11) is 1.66. The van der Waals surface area contributed by atoms with Crippen molar-refractivity contribution in [3.8, 4) is 11.5 Å². The van der Waals surface area contributed by atoms with E-state index in [9.17, 15) is 0 Å². The molecule has 21 heavy (non-hydrogen) atoms. The van der Waals surface area contributed by atoms with Crippen molar-refractivity contribution < 1.29 is 9.47 Å². The predicted octanol–water partition coefficient (Wildman–Crippen LogP) is 3.56. The average molecular weight is 301 g/mol. The molecule has 2 rings (SSSR count). The Labute approximate surface area is 130 Å². The molecule has 0 aliphatic heterocycles. The van der Waals surface area contributed by atoms with Gasteiger partial charge in [-0.05, 0) is 36.8 Å². The summed E-state index contributed by atoms with van der Waals surface area (Å²) in [5.41, 5.74) is 2.06. The molecule has 0 aromatic heterocycles. The number of nitrogens with one attached hydrogen (secondary N) is 1. The van der Waals surface area contributed by atoms with Crippen molar-refractivity contribution in [2.75, 3.05) is 13.7 Å². The van der Waals surface area contributed by atoms with Crippen molar-refractivity contribution in [1.29, 1.82) is 0 Å². The SMILES string of the molecule is CCOc1ccccc1C(=S)NCc1ccc(OC)cc1. The fourth-order valence-electron chi connectivity index (χ4n) is 1.96. The molecule has 0 atom stereocenters. The Morgan fingerprint density at radius 1 is 1.10 bits per heavy atom. The van der Waals surface area contributed by atoms with E-state index in [1.54, 1.807) is 7.11 Å². The van der Waals surface area contributed by atoms with E-state index in [1.807, 2.05) is 55.5 Å². The van der Waals surface area contributed by atoms with Crippen LogP contribution in [-0.2, 0) is 6.54 Å². The topological polar surface area (TPSA) is 30.5 Å². The first-order valence-electron chi connectivity index (χ1n) is 6.87. The summed E-state index contributed by atoms with van der Waals surface area (Å²) in [6.07, 6.45) is 0. The van der Waals surface area contributed by atoms with E-state index in [2.05, 4.69) is 5.32 Å². The molecule has 0 heterocycles. The summed E-state index contributed by atoms with van der Waals surface area (Å²) < 4.78 is 10.7. The van der Waals surface area contributed by atoms with Crippen LogP contribution in [0.5, 0.6) is 11.5 Å². The Morgan fingerprint density at radius 3 is 2.48 bits per heavy atom. The second kappa shape index (κ2) is 7.64. The van der Waals surface area contributed by atoms with Gasteiger partial charge in [0.25, 0.3) is 0 Å². The minimum Gasteiger partial charge on any atom is -0.497 e. The number of hydrogen-bond donors (Lipinski definition) is 1. The molecule has 2 aromatic rings. The Hall–Kier alpha value is -2.07. The lowest BCUT2D eigenvalue weighted by Gasteiger charge is -2.13. The molecule has 1 N–H and O–H groups in total. The van der Waals surface area contributed by atoms with Gasteiger partial charge in [0.2, 0.25) is 0 Å². The van der Waals surface area contributed by atoms with Crippen LogP contribution in [0.3, 0.4) is 0 Å². The summed E-state index contributed by atoms with van der Waals surface area (Å²) in [6.45, 7) is 3.26. The largest absolute Gasteiger partial charge is 0.497 e. The van der Waals surface area contributed by atoms with Crippen molar-refractivity contribution in [2.24, 2.45) is 0 Å². The molecule has 3 nitrogen and oxygen atoms in total. The number of para-hydroxylation sites is 1. The lowest BCUT2D eigenvalue weighted by Crippen LogP contribution is -2.22. The van der Waals surface area contributed by atoms with Crippen LogP contribution >= 0.6 is 12.2 Å². The maximum Gasteiger partial charge on any atom is 0.129 e. The standard InChI is InChI=1S/C17H19NO2S/c1-3-20-16-7-5-4-6-15(16)17(21)18-12-13-8-10-14(19-2)11-9-13/h4-11H,3,12H2,1-2H3,(H,18,21). The molecule has 0 fully saturated rings. The van der Waals surface area contributed by atoms with E-state index in [0.29, 0.717) is 18.1 Å². The lowest BCUT2D eigenvalue weighted by atomic mass is 10.2. The molecule has 0 saturated heterocycles. The van der Waals surface area contributed by atoms with Crippen molar-refractivity contribution in [3.63, 3.8) is 0 Å². The van der Waals surface area contributed by atoms with Gasteiger partial charge in [0.1, 0.15) is 16.5 Å². The molecule has 0 bridgehead atoms. The minimum atomic E-state index is 0.623. The third kappa shape index (κ3) is 4.20. The molecule has 0 spiro atoms. The second-order valence-corrected chi connectivity index (χ2v) is 4.87. The first-order valence-corrected chi connectivity index (χ1v) is 7.28. The first kappa shape index (κ1) is 15.3. The van der Waals surface area contributed by atoms with E-state index in [4.69, 9.17) is 21.7 Å². The Bertz CT molecular complexity index is 596. The fraction of sp³-hybridized carbons (Fsp3) is 0.235. The van der Waals surface area contributed by atoms with Gasteiger partial charge in [-0.15, -0.1) is 0 Å². The number of benzene rings is 2. The highest BCUT2D eigenvalue weighted by molar-refractivity contribution is 7.80. The number of methoxy groups -OCH3 is 1. The first-order chi connectivity index (χ1) is 10.2. The van der Waals surface area contributed by atoms with E-state index in [-0.39, 0.29) is 0 Å². The molecule has 110 valence electrons. The summed E-state index contributed by atoms with van der Waals surface area (Å²) in [6, 6.07) is 15.7. The van der Waals surface area contributed by atoms with Gasteiger partial charge in [0.15, 0.2) is 0 Å². The van der Waals surface area contributed by atoms with Crippen LogP contribution < -0.4 is 14.8 Å². The van der Waals surface area contributed by atoms with Gasteiger partial charge in [0, 0.05) is 6.54 Å². The third-order valence-corrected chi connectivity index (χ3v) is 3.41. The highest BCUT2D eigenvalue weighted by atomic mass is 32.1. The number of rotatable bonds is 6. The van der Waals surface area contributed by atoms with Crippen molar-refractivity contribution in [3.05, 3.63) is 59.7 Å². The Balaban J connectivity index is 2.01. The molecule has 0 unspecified atom stereocenters. The zero-order chi connectivity index (χ0) is 15.1. The van der Waals surface area contributed by atoms with Gasteiger partial charge < -0.3 is 14.8 Å². The highest BCUT2D eigenvalue weighted by Gasteiger charge is 2.07. The quantitative estimate of drug-likeness (QED) is 0.827. The average Bonchev–Trinajstić information content (AvgIpc) is 2.54. The summed E-state index contributed by atoms with van der Waals surface area (Å²) in [5.74, 6) is 1.66. The molecule has 0 saturated carbocycles. The third-order valence-electron chi connectivity index (χ3n) is 3.04. The zero-order valence-corrected chi connectivity index (χ0v) is 13.1. The van der Waals surface area contributed by atoms with Crippen LogP contribution in [0.4, 0.5) is 0 Å².